The Morgan fingerprint density at radius 3 is 2.82 bits per heavy atom. The van der Waals surface area contributed by atoms with E-state index in [-0.39, 0.29) is 0 Å². The van der Waals surface area contributed by atoms with Crippen molar-refractivity contribution in [2.75, 3.05) is 6.61 Å². The van der Waals surface area contributed by atoms with Crippen molar-refractivity contribution in [1.82, 2.24) is 29.3 Å². The van der Waals surface area contributed by atoms with Gasteiger partial charge in [0.25, 0.3) is 0 Å². The van der Waals surface area contributed by atoms with E-state index in [2.05, 4.69) is 36.7 Å². The van der Waals surface area contributed by atoms with Crippen LogP contribution < -0.4 is 0 Å². The van der Waals surface area contributed by atoms with Gasteiger partial charge in [0.2, 0.25) is 5.95 Å². The van der Waals surface area contributed by atoms with Crippen LogP contribution in [0.25, 0.3) is 17.0 Å². The minimum Gasteiger partial charge on any atom is -0.396 e. The first kappa shape index (κ1) is 14.2. The first-order chi connectivity index (χ1) is 10.8. The molecule has 0 aliphatic rings. The van der Waals surface area contributed by atoms with Gasteiger partial charge in [0.1, 0.15) is 24.8 Å². The number of aromatic nitrogens is 6. The standard InChI is InChI=1S/C14H17N7O/c1-4-20-13-11(10(3)19-22-5-2)6-15-7-12(13)18-14(20)21-9-16-8-17-21/h6-9H,4-5H2,1-3H3. The molecule has 0 radical (unpaired) electrons. The zero-order valence-electron chi connectivity index (χ0n) is 12.8. The minimum absolute atomic E-state index is 0.526. The number of oxime groups is 1. The summed E-state index contributed by atoms with van der Waals surface area (Å²) in [5, 5.41) is 8.27. The third kappa shape index (κ3) is 2.32. The number of hydrogen-bond acceptors (Lipinski definition) is 6. The predicted octanol–water partition coefficient (Wildman–Crippen LogP) is 1.79. The second kappa shape index (κ2) is 5.92. The lowest BCUT2D eigenvalue weighted by molar-refractivity contribution is 0.159. The predicted molar refractivity (Wildman–Crippen MR) is 82.0 cm³/mol. The Kier molecular flexibility index (Phi) is 3.82. The molecule has 22 heavy (non-hydrogen) atoms. The lowest BCUT2D eigenvalue weighted by Gasteiger charge is -2.08. The van der Waals surface area contributed by atoms with Crippen molar-refractivity contribution in [3.8, 4) is 5.95 Å². The van der Waals surface area contributed by atoms with Crippen LogP contribution in [0.15, 0.2) is 30.2 Å². The number of pyridine rings is 1. The van der Waals surface area contributed by atoms with E-state index in [0.717, 1.165) is 28.9 Å². The van der Waals surface area contributed by atoms with E-state index in [1.165, 1.54) is 6.33 Å². The summed E-state index contributed by atoms with van der Waals surface area (Å²) in [7, 11) is 0. The van der Waals surface area contributed by atoms with Crippen molar-refractivity contribution >= 4 is 16.7 Å². The Balaban J connectivity index is 2.23. The lowest BCUT2D eigenvalue weighted by Crippen LogP contribution is -2.08. The highest BCUT2D eigenvalue weighted by Crippen LogP contribution is 2.22. The minimum atomic E-state index is 0.526. The van der Waals surface area contributed by atoms with E-state index in [1.807, 2.05) is 13.8 Å². The summed E-state index contributed by atoms with van der Waals surface area (Å²) in [4.78, 5) is 18.0. The Morgan fingerprint density at radius 1 is 1.27 bits per heavy atom. The zero-order chi connectivity index (χ0) is 15.5. The van der Waals surface area contributed by atoms with Crippen molar-refractivity contribution < 1.29 is 4.84 Å². The molecule has 0 N–H and O–H groups in total. The molecule has 0 fully saturated rings. The van der Waals surface area contributed by atoms with E-state index >= 15 is 0 Å². The molecule has 3 aromatic heterocycles. The number of fused-ring (bicyclic) bond motifs is 1. The molecule has 8 nitrogen and oxygen atoms in total. The molecule has 114 valence electrons. The molecule has 0 saturated carbocycles. The molecule has 0 aliphatic carbocycles. The quantitative estimate of drug-likeness (QED) is 0.530. The monoisotopic (exact) mass is 299 g/mol. The SMILES string of the molecule is CCON=C(C)c1cncc2nc(-n3cncn3)n(CC)c12. The zero-order valence-corrected chi connectivity index (χ0v) is 12.8. The van der Waals surface area contributed by atoms with Gasteiger partial charge in [0.15, 0.2) is 0 Å². The van der Waals surface area contributed by atoms with E-state index in [0.29, 0.717) is 12.6 Å². The van der Waals surface area contributed by atoms with E-state index < -0.39 is 0 Å². The van der Waals surface area contributed by atoms with Crippen LogP contribution in [-0.4, -0.2) is 41.6 Å². The summed E-state index contributed by atoms with van der Waals surface area (Å²) >= 11 is 0. The van der Waals surface area contributed by atoms with Gasteiger partial charge in [-0.05, 0) is 20.8 Å². The average Bonchev–Trinajstić information content (AvgIpc) is 3.18. The molecule has 8 heteroatoms. The largest absolute Gasteiger partial charge is 0.396 e. The van der Waals surface area contributed by atoms with Gasteiger partial charge in [-0.3, -0.25) is 4.98 Å². The summed E-state index contributed by atoms with van der Waals surface area (Å²) < 4.78 is 3.70. The molecular formula is C14H17N7O. The van der Waals surface area contributed by atoms with Gasteiger partial charge in [-0.25, -0.2) is 9.97 Å². The molecule has 0 bridgehead atoms. The molecule has 0 unspecified atom stereocenters. The highest BCUT2D eigenvalue weighted by atomic mass is 16.6. The van der Waals surface area contributed by atoms with Gasteiger partial charge in [0, 0.05) is 18.3 Å². The van der Waals surface area contributed by atoms with Crippen LogP contribution >= 0.6 is 0 Å². The molecule has 3 rings (SSSR count). The second-order valence-electron chi connectivity index (χ2n) is 4.65. The van der Waals surface area contributed by atoms with Crippen LogP contribution in [-0.2, 0) is 11.4 Å². The number of nitrogens with zero attached hydrogens (tertiary/aromatic N) is 7. The van der Waals surface area contributed by atoms with Gasteiger partial charge >= 0.3 is 0 Å². The van der Waals surface area contributed by atoms with Crippen LogP contribution in [0.3, 0.4) is 0 Å². The van der Waals surface area contributed by atoms with Gasteiger partial charge < -0.3 is 9.40 Å². The number of hydrogen-bond donors (Lipinski definition) is 0. The lowest BCUT2D eigenvalue weighted by atomic mass is 10.1. The van der Waals surface area contributed by atoms with Crippen molar-refractivity contribution in [2.45, 2.75) is 27.3 Å². The first-order valence-corrected chi connectivity index (χ1v) is 7.12. The maximum Gasteiger partial charge on any atom is 0.233 e. The topological polar surface area (TPSA) is 83.0 Å². The fraction of sp³-hybridized carbons (Fsp3) is 0.357. The van der Waals surface area contributed by atoms with Gasteiger partial charge in [0.05, 0.1) is 17.4 Å². The van der Waals surface area contributed by atoms with Crippen molar-refractivity contribution in [1.29, 1.82) is 0 Å². The molecule has 3 aromatic rings. The number of rotatable bonds is 5. The Labute approximate surface area is 127 Å². The van der Waals surface area contributed by atoms with E-state index in [4.69, 9.17) is 4.84 Å². The van der Waals surface area contributed by atoms with Crippen molar-refractivity contribution in [3.63, 3.8) is 0 Å². The molecule has 0 aliphatic heterocycles. The molecule has 0 aromatic carbocycles. The normalized spacial score (nSPS) is 12.0. The number of imidazole rings is 1. The maximum atomic E-state index is 5.15. The molecule has 0 atom stereocenters. The maximum absolute atomic E-state index is 5.15. The van der Waals surface area contributed by atoms with Crippen molar-refractivity contribution in [2.24, 2.45) is 5.16 Å². The smallest absolute Gasteiger partial charge is 0.233 e. The average molecular weight is 299 g/mol. The number of aryl methyl sites for hydroxylation is 1. The third-order valence-electron chi connectivity index (χ3n) is 3.29. The summed E-state index contributed by atoms with van der Waals surface area (Å²) in [5.41, 5.74) is 3.41. The van der Waals surface area contributed by atoms with E-state index in [9.17, 15) is 0 Å². The second-order valence-corrected chi connectivity index (χ2v) is 4.65. The van der Waals surface area contributed by atoms with Crippen LogP contribution in [0.5, 0.6) is 0 Å². The third-order valence-corrected chi connectivity index (χ3v) is 3.29. The molecule has 0 saturated heterocycles. The van der Waals surface area contributed by atoms with Crippen LogP contribution in [0, 0.1) is 0 Å². The molecule has 3 heterocycles. The Morgan fingerprint density at radius 2 is 2.14 bits per heavy atom. The fourth-order valence-corrected chi connectivity index (χ4v) is 2.34. The van der Waals surface area contributed by atoms with Gasteiger partial charge in [-0.1, -0.05) is 5.16 Å². The Bertz CT molecular complexity index is 804. The van der Waals surface area contributed by atoms with E-state index in [1.54, 1.807) is 23.4 Å². The summed E-state index contributed by atoms with van der Waals surface area (Å²) in [6.45, 7) is 7.12. The Hall–Kier alpha value is -2.77. The molecule has 0 spiro atoms. The van der Waals surface area contributed by atoms with Gasteiger partial charge in [-0.2, -0.15) is 9.78 Å². The van der Waals surface area contributed by atoms with Crippen LogP contribution in [0.4, 0.5) is 0 Å². The first-order valence-electron chi connectivity index (χ1n) is 7.12. The highest BCUT2D eigenvalue weighted by Gasteiger charge is 2.17. The van der Waals surface area contributed by atoms with Crippen molar-refractivity contribution in [3.05, 3.63) is 30.6 Å². The van der Waals surface area contributed by atoms with Crippen LogP contribution in [0.2, 0.25) is 0 Å². The fourth-order valence-electron chi connectivity index (χ4n) is 2.34. The molecule has 0 amide bonds. The summed E-state index contributed by atoms with van der Waals surface area (Å²) in [5.74, 6) is 0.702. The van der Waals surface area contributed by atoms with Gasteiger partial charge in [-0.15, -0.1) is 0 Å². The highest BCUT2D eigenvalue weighted by molar-refractivity contribution is 6.07. The summed E-state index contributed by atoms with van der Waals surface area (Å²) in [6, 6.07) is 0. The summed E-state index contributed by atoms with van der Waals surface area (Å²) in [6.07, 6.45) is 6.63. The van der Waals surface area contributed by atoms with Crippen LogP contribution in [0.1, 0.15) is 26.3 Å². The molecular weight excluding hydrogens is 282 g/mol.